The Kier molecular flexibility index (Phi) is 3.59. The summed E-state index contributed by atoms with van der Waals surface area (Å²) in [5.74, 6) is 0.722. The molecule has 12 heavy (non-hydrogen) atoms. The predicted octanol–water partition coefficient (Wildman–Crippen LogP) is 3.37. The van der Waals surface area contributed by atoms with Crippen LogP contribution in [0.25, 0.3) is 0 Å². The first kappa shape index (κ1) is 10.5. The van der Waals surface area contributed by atoms with Crippen LogP contribution in [0.5, 0.6) is 0 Å². The number of halogens is 1. The number of unbranched alkanes of at least 4 members (excludes halogenated alkanes) is 1. The van der Waals surface area contributed by atoms with Gasteiger partial charge in [0.05, 0.1) is 12.2 Å². The summed E-state index contributed by atoms with van der Waals surface area (Å²) in [5.41, 5.74) is 0.0401. The summed E-state index contributed by atoms with van der Waals surface area (Å²) in [6.07, 6.45) is 3.92. The van der Waals surface area contributed by atoms with Crippen molar-refractivity contribution in [3.8, 4) is 0 Å². The molecule has 2 unspecified atom stereocenters. The molecular weight excluding hydrogens is 216 g/mol. The van der Waals surface area contributed by atoms with Gasteiger partial charge in [0.1, 0.15) is 0 Å². The zero-order chi connectivity index (χ0) is 9.19. The predicted molar refractivity (Wildman–Crippen MR) is 55.8 cm³/mol. The second-order valence-corrected chi connectivity index (χ2v) is 5.21. The van der Waals surface area contributed by atoms with Crippen LogP contribution in [0.4, 0.5) is 0 Å². The van der Waals surface area contributed by atoms with Crippen LogP contribution in [-0.2, 0) is 4.74 Å². The van der Waals surface area contributed by atoms with Crippen molar-refractivity contribution in [2.24, 2.45) is 5.92 Å². The monoisotopic (exact) mass is 234 g/mol. The normalized spacial score (nSPS) is 34.0. The van der Waals surface area contributed by atoms with Crippen molar-refractivity contribution in [2.75, 3.05) is 6.61 Å². The molecule has 2 heteroatoms. The molecule has 0 aromatic heterocycles. The number of rotatable bonds is 3. The molecule has 0 aromatic rings. The maximum absolute atomic E-state index is 5.72. The summed E-state index contributed by atoms with van der Waals surface area (Å²) in [5, 5.41) is 0. The van der Waals surface area contributed by atoms with Crippen molar-refractivity contribution in [1.82, 2.24) is 0 Å². The molecule has 1 saturated heterocycles. The van der Waals surface area contributed by atoms with E-state index in [1.54, 1.807) is 0 Å². The van der Waals surface area contributed by atoms with E-state index in [0.717, 1.165) is 12.5 Å². The van der Waals surface area contributed by atoms with E-state index < -0.39 is 0 Å². The van der Waals surface area contributed by atoms with Gasteiger partial charge in [-0.3, -0.25) is 0 Å². The average Bonchev–Trinajstić information content (AvgIpc) is 2.26. The van der Waals surface area contributed by atoms with E-state index in [1.165, 1.54) is 19.3 Å². The van der Waals surface area contributed by atoms with Crippen LogP contribution in [0.2, 0.25) is 0 Å². The maximum Gasteiger partial charge on any atom is 0.0754 e. The van der Waals surface area contributed by atoms with E-state index in [1.807, 2.05) is 0 Å². The van der Waals surface area contributed by atoms with Crippen LogP contribution in [-0.4, -0.2) is 17.0 Å². The molecule has 1 aliphatic rings. The molecule has 1 heterocycles. The Morgan fingerprint density at radius 2 is 2.17 bits per heavy atom. The Morgan fingerprint density at radius 1 is 1.50 bits per heavy atom. The van der Waals surface area contributed by atoms with Gasteiger partial charge in [0.2, 0.25) is 0 Å². The second kappa shape index (κ2) is 4.10. The molecule has 0 N–H and O–H groups in total. The van der Waals surface area contributed by atoms with Crippen LogP contribution in [0.1, 0.15) is 40.0 Å². The fourth-order valence-corrected chi connectivity index (χ4v) is 2.30. The highest BCUT2D eigenvalue weighted by Crippen LogP contribution is 2.37. The van der Waals surface area contributed by atoms with Crippen molar-refractivity contribution in [1.29, 1.82) is 0 Å². The van der Waals surface area contributed by atoms with E-state index in [9.17, 15) is 0 Å². The SMILES string of the molecule is CCCCC1COC(C)(C)C1Br. The molecule has 1 fully saturated rings. The molecule has 1 aliphatic heterocycles. The number of hydrogen-bond acceptors (Lipinski definition) is 1. The van der Waals surface area contributed by atoms with Crippen LogP contribution in [0, 0.1) is 5.92 Å². The molecule has 2 atom stereocenters. The number of hydrogen-bond donors (Lipinski definition) is 0. The van der Waals surface area contributed by atoms with E-state index in [0.29, 0.717) is 4.83 Å². The van der Waals surface area contributed by atoms with E-state index >= 15 is 0 Å². The molecule has 0 aromatic carbocycles. The molecule has 0 saturated carbocycles. The molecule has 1 rings (SSSR count). The van der Waals surface area contributed by atoms with Crippen LogP contribution < -0.4 is 0 Å². The summed E-state index contributed by atoms with van der Waals surface area (Å²) in [7, 11) is 0. The Labute approximate surface area is 84.0 Å². The summed E-state index contributed by atoms with van der Waals surface area (Å²) in [4.78, 5) is 0.538. The average molecular weight is 235 g/mol. The first-order valence-corrected chi connectivity index (χ1v) is 5.77. The minimum Gasteiger partial charge on any atom is -0.374 e. The van der Waals surface area contributed by atoms with Crippen LogP contribution in [0.3, 0.4) is 0 Å². The van der Waals surface area contributed by atoms with Gasteiger partial charge in [0.15, 0.2) is 0 Å². The van der Waals surface area contributed by atoms with Gasteiger partial charge in [0.25, 0.3) is 0 Å². The third-order valence-corrected chi connectivity index (χ3v) is 4.53. The smallest absolute Gasteiger partial charge is 0.0754 e. The summed E-state index contributed by atoms with van der Waals surface area (Å²) >= 11 is 3.73. The van der Waals surface area contributed by atoms with Gasteiger partial charge in [0, 0.05) is 4.83 Å². The zero-order valence-electron chi connectivity index (χ0n) is 8.27. The lowest BCUT2D eigenvalue weighted by molar-refractivity contribution is 0.0378. The lowest BCUT2D eigenvalue weighted by Gasteiger charge is -2.23. The summed E-state index contributed by atoms with van der Waals surface area (Å²) in [6, 6.07) is 0. The second-order valence-electron chi connectivity index (χ2n) is 4.22. The summed E-state index contributed by atoms with van der Waals surface area (Å²) < 4.78 is 5.72. The highest BCUT2D eigenvalue weighted by Gasteiger charge is 2.40. The van der Waals surface area contributed by atoms with Gasteiger partial charge in [-0.05, 0) is 26.2 Å². The fourth-order valence-electron chi connectivity index (χ4n) is 1.75. The molecule has 0 radical (unpaired) electrons. The van der Waals surface area contributed by atoms with E-state index in [4.69, 9.17) is 4.74 Å². The molecule has 1 nitrogen and oxygen atoms in total. The van der Waals surface area contributed by atoms with Gasteiger partial charge in [-0.15, -0.1) is 0 Å². The Bertz CT molecular complexity index is 145. The largest absolute Gasteiger partial charge is 0.374 e. The molecule has 72 valence electrons. The molecule has 0 aliphatic carbocycles. The third kappa shape index (κ3) is 2.23. The van der Waals surface area contributed by atoms with Gasteiger partial charge in [-0.1, -0.05) is 35.7 Å². The van der Waals surface area contributed by atoms with Crippen molar-refractivity contribution >= 4 is 15.9 Å². The topological polar surface area (TPSA) is 9.23 Å². The Morgan fingerprint density at radius 3 is 2.58 bits per heavy atom. The van der Waals surface area contributed by atoms with Crippen molar-refractivity contribution in [3.63, 3.8) is 0 Å². The third-order valence-electron chi connectivity index (χ3n) is 2.68. The first-order valence-electron chi connectivity index (χ1n) is 4.86. The van der Waals surface area contributed by atoms with Crippen molar-refractivity contribution in [2.45, 2.75) is 50.5 Å². The molecule has 0 spiro atoms. The van der Waals surface area contributed by atoms with Gasteiger partial charge in [-0.25, -0.2) is 0 Å². The van der Waals surface area contributed by atoms with E-state index in [-0.39, 0.29) is 5.60 Å². The molecule has 0 bridgehead atoms. The lowest BCUT2D eigenvalue weighted by atomic mass is 9.93. The minimum atomic E-state index is 0.0401. The minimum absolute atomic E-state index is 0.0401. The van der Waals surface area contributed by atoms with Crippen LogP contribution >= 0.6 is 15.9 Å². The van der Waals surface area contributed by atoms with Crippen molar-refractivity contribution < 1.29 is 4.74 Å². The highest BCUT2D eigenvalue weighted by molar-refractivity contribution is 9.09. The van der Waals surface area contributed by atoms with Gasteiger partial charge >= 0.3 is 0 Å². The van der Waals surface area contributed by atoms with E-state index in [2.05, 4.69) is 36.7 Å². The maximum atomic E-state index is 5.72. The van der Waals surface area contributed by atoms with Crippen molar-refractivity contribution in [3.05, 3.63) is 0 Å². The van der Waals surface area contributed by atoms with Crippen LogP contribution in [0.15, 0.2) is 0 Å². The Hall–Kier alpha value is 0.440. The first-order chi connectivity index (χ1) is 5.58. The Balaban J connectivity index is 2.39. The quantitative estimate of drug-likeness (QED) is 0.681. The zero-order valence-corrected chi connectivity index (χ0v) is 9.86. The molecular formula is C10H19BrO. The molecule has 0 amide bonds. The number of ether oxygens (including phenoxy) is 1. The highest BCUT2D eigenvalue weighted by atomic mass is 79.9. The van der Waals surface area contributed by atoms with Gasteiger partial charge in [-0.2, -0.15) is 0 Å². The fraction of sp³-hybridized carbons (Fsp3) is 1.00. The standard InChI is InChI=1S/C10H19BrO/c1-4-5-6-8-7-12-10(2,3)9(8)11/h8-9H,4-7H2,1-3H3. The van der Waals surface area contributed by atoms with Gasteiger partial charge < -0.3 is 4.74 Å². The number of alkyl halides is 1. The summed E-state index contributed by atoms with van der Waals surface area (Å²) in [6.45, 7) is 7.50. The lowest BCUT2D eigenvalue weighted by Crippen LogP contribution is -2.30.